The van der Waals surface area contributed by atoms with E-state index >= 15 is 0 Å². The summed E-state index contributed by atoms with van der Waals surface area (Å²) in [6.45, 7) is 7.26. The number of rotatable bonds is 5. The number of thiophene rings is 1. The SMILES string of the molecule is Cc1ccccc1CN1CCN(CC(=O)Nc2sc3c(c2C#N)CCCCCC3)CC1. The maximum absolute atomic E-state index is 12.7. The van der Waals surface area contributed by atoms with Crippen LogP contribution in [0.5, 0.6) is 0 Å². The number of carbonyl (C=O) groups excluding carboxylic acids is 1. The van der Waals surface area contributed by atoms with Gasteiger partial charge in [-0.25, -0.2) is 0 Å². The first-order valence-electron chi connectivity index (χ1n) is 11.5. The maximum atomic E-state index is 12.7. The van der Waals surface area contributed by atoms with Crippen molar-refractivity contribution in [2.75, 3.05) is 38.0 Å². The molecule has 0 bridgehead atoms. The molecule has 0 spiro atoms. The number of piperazine rings is 1. The van der Waals surface area contributed by atoms with Crippen LogP contribution in [0.4, 0.5) is 5.00 Å². The Hall–Kier alpha value is -2.20. The molecule has 0 saturated carbocycles. The van der Waals surface area contributed by atoms with Crippen LogP contribution < -0.4 is 5.32 Å². The summed E-state index contributed by atoms with van der Waals surface area (Å²) < 4.78 is 0. The normalized spacial score (nSPS) is 17.9. The van der Waals surface area contributed by atoms with E-state index in [0.29, 0.717) is 12.1 Å². The molecule has 164 valence electrons. The van der Waals surface area contributed by atoms with E-state index in [4.69, 9.17) is 0 Å². The van der Waals surface area contributed by atoms with Crippen LogP contribution in [0, 0.1) is 18.3 Å². The van der Waals surface area contributed by atoms with Crippen molar-refractivity contribution in [3.63, 3.8) is 0 Å². The molecule has 1 fully saturated rings. The number of nitriles is 1. The van der Waals surface area contributed by atoms with Gasteiger partial charge in [-0.3, -0.25) is 14.6 Å². The number of hydrogen-bond acceptors (Lipinski definition) is 5. The fourth-order valence-electron chi connectivity index (χ4n) is 4.63. The molecular formula is C25H32N4OS. The number of anilines is 1. The first-order chi connectivity index (χ1) is 15.1. The van der Waals surface area contributed by atoms with Crippen LogP contribution in [-0.2, 0) is 24.2 Å². The van der Waals surface area contributed by atoms with Gasteiger partial charge in [0, 0.05) is 37.6 Å². The predicted molar refractivity (Wildman–Crippen MR) is 126 cm³/mol. The van der Waals surface area contributed by atoms with Crippen LogP contribution >= 0.6 is 11.3 Å². The lowest BCUT2D eigenvalue weighted by Gasteiger charge is -2.34. The van der Waals surface area contributed by atoms with Crippen molar-refractivity contribution in [1.29, 1.82) is 5.26 Å². The molecule has 2 heterocycles. The Morgan fingerprint density at radius 1 is 1.06 bits per heavy atom. The van der Waals surface area contributed by atoms with E-state index in [0.717, 1.165) is 57.0 Å². The highest BCUT2D eigenvalue weighted by atomic mass is 32.1. The lowest BCUT2D eigenvalue weighted by Crippen LogP contribution is -2.48. The molecule has 1 N–H and O–H groups in total. The molecule has 1 aromatic carbocycles. The highest BCUT2D eigenvalue weighted by Gasteiger charge is 2.23. The average Bonchev–Trinajstić information content (AvgIpc) is 3.06. The topological polar surface area (TPSA) is 59.4 Å². The smallest absolute Gasteiger partial charge is 0.239 e. The number of fused-ring (bicyclic) bond motifs is 1. The molecule has 2 aliphatic rings. The lowest BCUT2D eigenvalue weighted by molar-refractivity contribution is -0.117. The Labute approximate surface area is 189 Å². The minimum absolute atomic E-state index is 0.00178. The van der Waals surface area contributed by atoms with Gasteiger partial charge in [-0.2, -0.15) is 5.26 Å². The van der Waals surface area contributed by atoms with E-state index in [1.807, 2.05) is 0 Å². The second-order valence-electron chi connectivity index (χ2n) is 8.76. The van der Waals surface area contributed by atoms with Gasteiger partial charge >= 0.3 is 0 Å². The van der Waals surface area contributed by atoms with Crippen LogP contribution in [0.15, 0.2) is 24.3 Å². The predicted octanol–water partition coefficient (Wildman–Crippen LogP) is 4.34. The number of aryl methyl sites for hydroxylation is 2. The molecule has 4 rings (SSSR count). The third-order valence-electron chi connectivity index (χ3n) is 6.52. The standard InChI is InChI=1S/C25H32N4OS/c1-19-8-6-7-9-20(19)17-28-12-14-29(15-13-28)18-24(30)27-25-22(16-26)21-10-4-2-3-5-11-23(21)31-25/h6-9H,2-5,10-15,17-18H2,1H3,(H,27,30). The molecule has 1 aliphatic carbocycles. The average molecular weight is 437 g/mol. The van der Waals surface area contributed by atoms with Crippen LogP contribution in [0.3, 0.4) is 0 Å². The number of carbonyl (C=O) groups is 1. The van der Waals surface area contributed by atoms with Crippen molar-refractivity contribution in [2.24, 2.45) is 0 Å². The highest BCUT2D eigenvalue weighted by Crippen LogP contribution is 2.36. The van der Waals surface area contributed by atoms with E-state index in [-0.39, 0.29) is 5.91 Å². The van der Waals surface area contributed by atoms with E-state index < -0.39 is 0 Å². The summed E-state index contributed by atoms with van der Waals surface area (Å²) in [6.07, 6.45) is 6.81. The molecule has 31 heavy (non-hydrogen) atoms. The van der Waals surface area contributed by atoms with Gasteiger partial charge in [0.15, 0.2) is 0 Å². The first kappa shape index (κ1) is 22.0. The summed E-state index contributed by atoms with van der Waals surface area (Å²) in [5.41, 5.74) is 4.61. The van der Waals surface area contributed by atoms with Crippen molar-refractivity contribution >= 4 is 22.2 Å². The quantitative estimate of drug-likeness (QED) is 0.757. The highest BCUT2D eigenvalue weighted by molar-refractivity contribution is 7.16. The van der Waals surface area contributed by atoms with Gasteiger partial charge < -0.3 is 5.32 Å². The summed E-state index contributed by atoms with van der Waals surface area (Å²) in [4.78, 5) is 18.7. The summed E-state index contributed by atoms with van der Waals surface area (Å²) in [5.74, 6) is -0.00178. The largest absolute Gasteiger partial charge is 0.315 e. The van der Waals surface area contributed by atoms with Crippen molar-refractivity contribution in [1.82, 2.24) is 9.80 Å². The van der Waals surface area contributed by atoms with Crippen LogP contribution in [0.1, 0.15) is 52.8 Å². The van der Waals surface area contributed by atoms with E-state index in [9.17, 15) is 10.1 Å². The van der Waals surface area contributed by atoms with E-state index in [2.05, 4.69) is 52.4 Å². The Bertz CT molecular complexity index is 953. The summed E-state index contributed by atoms with van der Waals surface area (Å²) >= 11 is 1.62. The van der Waals surface area contributed by atoms with Crippen molar-refractivity contribution in [3.8, 4) is 6.07 Å². The Kier molecular flexibility index (Phi) is 7.39. The summed E-state index contributed by atoms with van der Waals surface area (Å²) in [7, 11) is 0. The molecule has 1 saturated heterocycles. The molecular weight excluding hydrogens is 404 g/mol. The van der Waals surface area contributed by atoms with E-state index in [1.165, 1.54) is 40.8 Å². The van der Waals surface area contributed by atoms with E-state index in [1.54, 1.807) is 11.3 Å². The third-order valence-corrected chi connectivity index (χ3v) is 7.73. The van der Waals surface area contributed by atoms with Gasteiger partial charge in [0.25, 0.3) is 0 Å². The Morgan fingerprint density at radius 3 is 2.52 bits per heavy atom. The second kappa shape index (κ2) is 10.4. The number of nitrogens with one attached hydrogen (secondary N) is 1. The molecule has 0 atom stereocenters. The zero-order chi connectivity index (χ0) is 21.6. The minimum atomic E-state index is -0.00178. The molecule has 6 heteroatoms. The minimum Gasteiger partial charge on any atom is -0.315 e. The zero-order valence-corrected chi connectivity index (χ0v) is 19.3. The molecule has 0 unspecified atom stereocenters. The maximum Gasteiger partial charge on any atom is 0.239 e. The molecule has 5 nitrogen and oxygen atoms in total. The fourth-order valence-corrected chi connectivity index (χ4v) is 5.88. The molecule has 0 radical (unpaired) electrons. The van der Waals surface area contributed by atoms with Crippen LogP contribution in [0.2, 0.25) is 0 Å². The molecule has 2 aromatic rings. The fraction of sp³-hybridized carbons (Fsp3) is 0.520. The molecule has 1 aliphatic heterocycles. The second-order valence-corrected chi connectivity index (χ2v) is 9.87. The zero-order valence-electron chi connectivity index (χ0n) is 18.5. The number of benzene rings is 1. The number of hydrogen-bond donors (Lipinski definition) is 1. The molecule has 1 amide bonds. The van der Waals surface area contributed by atoms with Crippen LogP contribution in [0.25, 0.3) is 0 Å². The van der Waals surface area contributed by atoms with Crippen molar-refractivity contribution in [2.45, 2.75) is 52.0 Å². The van der Waals surface area contributed by atoms with Crippen LogP contribution in [-0.4, -0.2) is 48.4 Å². The Balaban J connectivity index is 1.30. The van der Waals surface area contributed by atoms with Crippen molar-refractivity contribution < 1.29 is 4.79 Å². The van der Waals surface area contributed by atoms with Gasteiger partial charge in [0.05, 0.1) is 12.1 Å². The lowest BCUT2D eigenvalue weighted by atomic mass is 9.97. The van der Waals surface area contributed by atoms with Crippen molar-refractivity contribution in [3.05, 3.63) is 51.4 Å². The van der Waals surface area contributed by atoms with Gasteiger partial charge in [-0.05, 0) is 49.3 Å². The number of amides is 1. The summed E-state index contributed by atoms with van der Waals surface area (Å²) in [6, 6.07) is 10.9. The van der Waals surface area contributed by atoms with Gasteiger partial charge in [-0.1, -0.05) is 37.1 Å². The van der Waals surface area contributed by atoms with Gasteiger partial charge in [-0.15, -0.1) is 11.3 Å². The number of nitrogens with zero attached hydrogens (tertiary/aromatic N) is 3. The molecule has 1 aromatic heterocycles. The first-order valence-corrected chi connectivity index (χ1v) is 12.3. The third kappa shape index (κ3) is 5.54. The monoisotopic (exact) mass is 436 g/mol. The van der Waals surface area contributed by atoms with Gasteiger partial charge in [0.1, 0.15) is 11.1 Å². The Morgan fingerprint density at radius 2 is 1.77 bits per heavy atom. The summed E-state index contributed by atoms with van der Waals surface area (Å²) in [5, 5.41) is 13.5. The van der Waals surface area contributed by atoms with Gasteiger partial charge in [0.2, 0.25) is 5.91 Å².